The number of aromatic hydroxyl groups is 1. The van der Waals surface area contributed by atoms with Crippen molar-refractivity contribution in [2.45, 2.75) is 37.8 Å². The molecule has 0 aromatic heterocycles. The van der Waals surface area contributed by atoms with Crippen LogP contribution in [-0.4, -0.2) is 16.3 Å². The lowest BCUT2D eigenvalue weighted by Crippen LogP contribution is -2.32. The number of rotatable bonds is 3. The van der Waals surface area contributed by atoms with Gasteiger partial charge in [-0.2, -0.15) is 0 Å². The van der Waals surface area contributed by atoms with E-state index < -0.39 is 18.0 Å². The van der Waals surface area contributed by atoms with Gasteiger partial charge in [0.1, 0.15) is 11.6 Å². The van der Waals surface area contributed by atoms with Gasteiger partial charge in [0.05, 0.1) is 12.1 Å². The van der Waals surface area contributed by atoms with E-state index in [1.165, 1.54) is 12.1 Å². The van der Waals surface area contributed by atoms with Crippen LogP contribution >= 0.6 is 12.4 Å². The third-order valence-electron chi connectivity index (χ3n) is 3.59. The Balaban J connectivity index is 0.00000162. The first-order valence-corrected chi connectivity index (χ1v) is 6.01. The first-order valence-electron chi connectivity index (χ1n) is 6.01. The number of halogens is 2. The molecule has 0 heterocycles. The van der Waals surface area contributed by atoms with Crippen molar-refractivity contribution in [2.75, 3.05) is 0 Å². The van der Waals surface area contributed by atoms with Crippen LogP contribution in [0.2, 0.25) is 0 Å². The molecule has 1 saturated carbocycles. The quantitative estimate of drug-likeness (QED) is 0.794. The summed E-state index contributed by atoms with van der Waals surface area (Å²) in [5.74, 6) is -0.526. The van der Waals surface area contributed by atoms with Gasteiger partial charge >= 0.3 is 0 Å². The first kappa shape index (κ1) is 15.2. The van der Waals surface area contributed by atoms with E-state index in [-0.39, 0.29) is 29.6 Å². The molecule has 0 bridgehead atoms. The Labute approximate surface area is 112 Å². The maximum Gasteiger partial charge on any atom is 0.131 e. The van der Waals surface area contributed by atoms with Gasteiger partial charge in [0.2, 0.25) is 0 Å². The van der Waals surface area contributed by atoms with Gasteiger partial charge in [-0.3, -0.25) is 0 Å². The van der Waals surface area contributed by atoms with E-state index >= 15 is 0 Å². The van der Waals surface area contributed by atoms with E-state index in [0.717, 1.165) is 31.7 Å². The van der Waals surface area contributed by atoms with Crippen molar-refractivity contribution in [3.05, 3.63) is 29.6 Å². The molecule has 2 rings (SSSR count). The van der Waals surface area contributed by atoms with Crippen molar-refractivity contribution in [1.29, 1.82) is 0 Å². The Bertz CT molecular complexity index is 397. The number of phenols is 1. The molecule has 4 N–H and O–H groups in total. The molecular weight excluding hydrogens is 257 g/mol. The number of aliphatic hydroxyl groups excluding tert-OH is 1. The average molecular weight is 276 g/mol. The third kappa shape index (κ3) is 3.13. The first-order chi connectivity index (χ1) is 8.09. The molecule has 102 valence electrons. The number of hydrogen-bond acceptors (Lipinski definition) is 3. The zero-order valence-electron chi connectivity index (χ0n) is 10.1. The molecular formula is C13H19ClFNO2. The van der Waals surface area contributed by atoms with Crippen LogP contribution in [0.25, 0.3) is 0 Å². The smallest absolute Gasteiger partial charge is 0.131 e. The van der Waals surface area contributed by atoms with Crippen LogP contribution in [0.1, 0.15) is 37.3 Å². The SMILES string of the molecule is Cl.N[C@@H](c1ccc(O)cc1F)[C@H](O)C1CCCC1. The van der Waals surface area contributed by atoms with Gasteiger partial charge in [0.25, 0.3) is 0 Å². The molecule has 1 aromatic rings. The molecule has 1 aromatic carbocycles. The highest BCUT2D eigenvalue weighted by Crippen LogP contribution is 2.33. The Morgan fingerprint density at radius 3 is 2.44 bits per heavy atom. The predicted molar refractivity (Wildman–Crippen MR) is 70.2 cm³/mol. The van der Waals surface area contributed by atoms with E-state index in [1.807, 2.05) is 0 Å². The molecule has 18 heavy (non-hydrogen) atoms. The van der Waals surface area contributed by atoms with Crippen molar-refractivity contribution >= 4 is 12.4 Å². The summed E-state index contributed by atoms with van der Waals surface area (Å²) in [6.07, 6.45) is 3.40. The largest absolute Gasteiger partial charge is 0.508 e. The fourth-order valence-electron chi connectivity index (χ4n) is 2.56. The van der Waals surface area contributed by atoms with Crippen LogP contribution < -0.4 is 5.73 Å². The Kier molecular flexibility index (Phi) is 5.38. The van der Waals surface area contributed by atoms with E-state index in [2.05, 4.69) is 0 Å². The zero-order valence-corrected chi connectivity index (χ0v) is 10.9. The van der Waals surface area contributed by atoms with E-state index in [1.54, 1.807) is 0 Å². The van der Waals surface area contributed by atoms with Gasteiger partial charge in [-0.05, 0) is 24.8 Å². The van der Waals surface area contributed by atoms with Crippen molar-refractivity contribution in [3.8, 4) is 5.75 Å². The molecule has 0 radical (unpaired) electrons. The number of phenolic OH excluding ortho intramolecular Hbond substituents is 1. The minimum atomic E-state index is -0.723. The third-order valence-corrected chi connectivity index (χ3v) is 3.59. The Morgan fingerprint density at radius 1 is 1.28 bits per heavy atom. The molecule has 0 unspecified atom stereocenters. The highest BCUT2D eigenvalue weighted by molar-refractivity contribution is 5.85. The van der Waals surface area contributed by atoms with Crippen LogP contribution in [0.5, 0.6) is 5.75 Å². The molecule has 3 nitrogen and oxygen atoms in total. The van der Waals surface area contributed by atoms with Crippen molar-refractivity contribution in [1.82, 2.24) is 0 Å². The average Bonchev–Trinajstić information content (AvgIpc) is 2.80. The van der Waals surface area contributed by atoms with Crippen molar-refractivity contribution < 1.29 is 14.6 Å². The molecule has 2 atom stereocenters. The molecule has 0 spiro atoms. The summed E-state index contributed by atoms with van der Waals surface area (Å²) in [6, 6.07) is 3.13. The van der Waals surface area contributed by atoms with Crippen molar-refractivity contribution in [3.63, 3.8) is 0 Å². The minimum absolute atomic E-state index is 0. The molecule has 0 saturated heterocycles. The molecule has 1 fully saturated rings. The predicted octanol–water partition coefficient (Wildman–Crippen LogP) is 2.50. The second-order valence-electron chi connectivity index (χ2n) is 4.77. The summed E-state index contributed by atoms with van der Waals surface area (Å²) in [5.41, 5.74) is 6.16. The van der Waals surface area contributed by atoms with Gasteiger partial charge in [0.15, 0.2) is 0 Å². The summed E-state index contributed by atoms with van der Waals surface area (Å²) in [6.45, 7) is 0. The maximum absolute atomic E-state index is 13.6. The van der Waals surface area contributed by atoms with E-state index in [0.29, 0.717) is 0 Å². The van der Waals surface area contributed by atoms with E-state index in [9.17, 15) is 9.50 Å². The lowest BCUT2D eigenvalue weighted by Gasteiger charge is -2.24. The summed E-state index contributed by atoms with van der Waals surface area (Å²) in [5, 5.41) is 19.2. The highest BCUT2D eigenvalue weighted by atomic mass is 35.5. The standard InChI is InChI=1S/C13H18FNO2.ClH/c14-11-7-9(16)5-6-10(11)12(15)13(17)8-3-1-2-4-8;/h5-8,12-13,16-17H,1-4,15H2;1H/t12-,13+;/m0./s1. The lowest BCUT2D eigenvalue weighted by atomic mass is 9.90. The minimum Gasteiger partial charge on any atom is -0.508 e. The molecule has 0 amide bonds. The second kappa shape index (κ2) is 6.36. The number of hydrogen-bond donors (Lipinski definition) is 3. The summed E-state index contributed by atoms with van der Waals surface area (Å²) < 4.78 is 13.6. The zero-order chi connectivity index (χ0) is 12.4. The summed E-state index contributed by atoms with van der Waals surface area (Å²) in [7, 11) is 0. The Hall–Kier alpha value is -0.840. The number of nitrogens with two attached hydrogens (primary N) is 1. The summed E-state index contributed by atoms with van der Waals surface area (Å²) in [4.78, 5) is 0. The summed E-state index contributed by atoms with van der Waals surface area (Å²) >= 11 is 0. The lowest BCUT2D eigenvalue weighted by molar-refractivity contribution is 0.0832. The fraction of sp³-hybridized carbons (Fsp3) is 0.538. The molecule has 1 aliphatic rings. The maximum atomic E-state index is 13.6. The van der Waals surface area contributed by atoms with Crippen LogP contribution in [0.15, 0.2) is 18.2 Å². The molecule has 1 aliphatic carbocycles. The topological polar surface area (TPSA) is 66.5 Å². The van der Waals surface area contributed by atoms with Gasteiger partial charge in [-0.25, -0.2) is 4.39 Å². The van der Waals surface area contributed by atoms with Crippen LogP contribution in [0, 0.1) is 11.7 Å². The monoisotopic (exact) mass is 275 g/mol. The van der Waals surface area contributed by atoms with Gasteiger partial charge in [-0.15, -0.1) is 12.4 Å². The number of aliphatic hydroxyl groups is 1. The highest BCUT2D eigenvalue weighted by Gasteiger charge is 2.30. The Morgan fingerprint density at radius 2 is 1.89 bits per heavy atom. The van der Waals surface area contributed by atoms with Crippen LogP contribution in [0.3, 0.4) is 0 Å². The van der Waals surface area contributed by atoms with Gasteiger partial charge in [-0.1, -0.05) is 18.9 Å². The number of benzene rings is 1. The normalized spacial score (nSPS) is 19.3. The van der Waals surface area contributed by atoms with E-state index in [4.69, 9.17) is 10.8 Å². The second-order valence-corrected chi connectivity index (χ2v) is 4.77. The van der Waals surface area contributed by atoms with Crippen LogP contribution in [-0.2, 0) is 0 Å². The van der Waals surface area contributed by atoms with Crippen molar-refractivity contribution in [2.24, 2.45) is 11.7 Å². The fourth-order valence-corrected chi connectivity index (χ4v) is 2.56. The molecule has 0 aliphatic heterocycles. The van der Waals surface area contributed by atoms with Gasteiger partial charge < -0.3 is 15.9 Å². The molecule has 5 heteroatoms. The van der Waals surface area contributed by atoms with Crippen LogP contribution in [0.4, 0.5) is 4.39 Å². The van der Waals surface area contributed by atoms with Gasteiger partial charge in [0, 0.05) is 11.6 Å².